The SMILES string of the molecule is CCCN(CCC)C1CNc2c(cccc2NC(=O)C(C)Cl)C1. The fourth-order valence-corrected chi connectivity index (χ4v) is 3.23. The third-order valence-corrected chi connectivity index (χ3v) is 4.48. The molecule has 1 aromatic carbocycles. The molecule has 1 amide bonds. The molecule has 1 heterocycles. The van der Waals surface area contributed by atoms with Crippen molar-refractivity contribution in [3.63, 3.8) is 0 Å². The summed E-state index contributed by atoms with van der Waals surface area (Å²) in [4.78, 5) is 14.4. The maximum absolute atomic E-state index is 11.9. The van der Waals surface area contributed by atoms with Crippen molar-refractivity contribution >= 4 is 28.9 Å². The topological polar surface area (TPSA) is 44.4 Å². The number of alkyl halides is 1. The Morgan fingerprint density at radius 1 is 1.39 bits per heavy atom. The summed E-state index contributed by atoms with van der Waals surface area (Å²) in [7, 11) is 0. The van der Waals surface area contributed by atoms with Gasteiger partial charge in [0.05, 0.1) is 11.4 Å². The smallest absolute Gasteiger partial charge is 0.242 e. The first-order chi connectivity index (χ1) is 11.1. The minimum absolute atomic E-state index is 0.164. The van der Waals surface area contributed by atoms with Crippen molar-refractivity contribution in [3.8, 4) is 0 Å². The zero-order chi connectivity index (χ0) is 16.8. The van der Waals surface area contributed by atoms with Crippen molar-refractivity contribution in [1.82, 2.24) is 4.90 Å². The number of amides is 1. The highest BCUT2D eigenvalue weighted by molar-refractivity contribution is 6.32. The highest BCUT2D eigenvalue weighted by Gasteiger charge is 2.25. The van der Waals surface area contributed by atoms with Crippen LogP contribution in [0.5, 0.6) is 0 Å². The molecule has 0 radical (unpaired) electrons. The zero-order valence-electron chi connectivity index (χ0n) is 14.4. The predicted octanol–water partition coefficient (Wildman–Crippen LogP) is 3.71. The van der Waals surface area contributed by atoms with Crippen LogP contribution in [0.1, 0.15) is 39.2 Å². The molecule has 0 aliphatic carbocycles. The van der Waals surface area contributed by atoms with Gasteiger partial charge in [-0.3, -0.25) is 9.69 Å². The predicted molar refractivity (Wildman–Crippen MR) is 98.5 cm³/mol. The van der Waals surface area contributed by atoms with Gasteiger partial charge in [-0.05, 0) is 50.9 Å². The van der Waals surface area contributed by atoms with Gasteiger partial charge in [0.25, 0.3) is 0 Å². The number of carbonyl (C=O) groups is 1. The molecule has 2 unspecified atom stereocenters. The molecule has 1 aliphatic heterocycles. The molecule has 1 aliphatic rings. The van der Waals surface area contributed by atoms with E-state index in [2.05, 4.69) is 35.4 Å². The van der Waals surface area contributed by atoms with E-state index in [1.54, 1.807) is 6.92 Å². The molecule has 1 aromatic rings. The Morgan fingerprint density at radius 3 is 2.70 bits per heavy atom. The Labute approximate surface area is 144 Å². The molecule has 0 fully saturated rings. The molecule has 2 N–H and O–H groups in total. The lowest BCUT2D eigenvalue weighted by atomic mass is 9.97. The molecule has 128 valence electrons. The summed E-state index contributed by atoms with van der Waals surface area (Å²) in [6.07, 6.45) is 3.36. The van der Waals surface area contributed by atoms with Crippen LogP contribution in [0.15, 0.2) is 18.2 Å². The lowest BCUT2D eigenvalue weighted by Crippen LogP contribution is -2.44. The number of fused-ring (bicyclic) bond motifs is 1. The van der Waals surface area contributed by atoms with Crippen LogP contribution in [-0.4, -0.2) is 41.9 Å². The number of rotatable bonds is 7. The number of benzene rings is 1. The molecule has 4 nitrogen and oxygen atoms in total. The number of hydrogen-bond acceptors (Lipinski definition) is 3. The first-order valence-electron chi connectivity index (χ1n) is 8.61. The van der Waals surface area contributed by atoms with E-state index in [0.29, 0.717) is 6.04 Å². The van der Waals surface area contributed by atoms with Crippen molar-refractivity contribution < 1.29 is 4.79 Å². The summed E-state index contributed by atoms with van der Waals surface area (Å²) in [5.74, 6) is -0.164. The van der Waals surface area contributed by atoms with E-state index in [0.717, 1.165) is 37.4 Å². The molecule has 2 atom stereocenters. The van der Waals surface area contributed by atoms with Crippen molar-refractivity contribution in [1.29, 1.82) is 0 Å². The molecule has 0 aromatic heterocycles. The van der Waals surface area contributed by atoms with Gasteiger partial charge >= 0.3 is 0 Å². The average molecular weight is 338 g/mol. The first-order valence-corrected chi connectivity index (χ1v) is 9.05. The van der Waals surface area contributed by atoms with Gasteiger partial charge in [0, 0.05) is 12.6 Å². The third-order valence-electron chi connectivity index (χ3n) is 4.28. The Balaban J connectivity index is 2.14. The van der Waals surface area contributed by atoms with E-state index in [4.69, 9.17) is 11.6 Å². The number of anilines is 2. The summed E-state index contributed by atoms with van der Waals surface area (Å²) >= 11 is 5.86. The third kappa shape index (κ3) is 4.61. The summed E-state index contributed by atoms with van der Waals surface area (Å²) in [5, 5.41) is 5.90. The molecule has 23 heavy (non-hydrogen) atoms. The molecule has 5 heteroatoms. The standard InChI is InChI=1S/C18H28ClN3O/c1-4-9-22(10-5-2)15-11-14-7-6-8-16(17(14)20-12-15)21-18(23)13(3)19/h6-8,13,15,20H,4-5,9-12H2,1-3H3,(H,21,23). The van der Waals surface area contributed by atoms with Crippen LogP contribution in [0.25, 0.3) is 0 Å². The number of para-hydroxylation sites is 1. The van der Waals surface area contributed by atoms with Crippen LogP contribution in [0, 0.1) is 0 Å². The van der Waals surface area contributed by atoms with Crippen LogP contribution in [-0.2, 0) is 11.2 Å². The maximum atomic E-state index is 11.9. The van der Waals surface area contributed by atoms with E-state index >= 15 is 0 Å². The highest BCUT2D eigenvalue weighted by Crippen LogP contribution is 2.31. The minimum atomic E-state index is -0.535. The van der Waals surface area contributed by atoms with Crippen LogP contribution in [0.2, 0.25) is 0 Å². The Hall–Kier alpha value is -1.26. The Kier molecular flexibility index (Phi) is 6.72. The van der Waals surface area contributed by atoms with E-state index in [9.17, 15) is 4.79 Å². The Morgan fingerprint density at radius 2 is 2.09 bits per heavy atom. The first kappa shape index (κ1) is 18.1. The van der Waals surface area contributed by atoms with E-state index < -0.39 is 5.38 Å². The van der Waals surface area contributed by atoms with E-state index in [1.807, 2.05) is 12.1 Å². The van der Waals surface area contributed by atoms with Crippen LogP contribution < -0.4 is 10.6 Å². The Bertz CT molecular complexity index is 527. The van der Waals surface area contributed by atoms with Crippen LogP contribution >= 0.6 is 11.6 Å². The maximum Gasteiger partial charge on any atom is 0.242 e. The average Bonchev–Trinajstić information content (AvgIpc) is 2.54. The monoisotopic (exact) mass is 337 g/mol. The quantitative estimate of drug-likeness (QED) is 0.745. The summed E-state index contributed by atoms with van der Waals surface area (Å²) in [5.41, 5.74) is 3.14. The molecule has 0 saturated heterocycles. The van der Waals surface area contributed by atoms with Gasteiger partial charge in [-0.1, -0.05) is 26.0 Å². The second kappa shape index (κ2) is 8.55. The van der Waals surface area contributed by atoms with E-state index in [-0.39, 0.29) is 5.91 Å². The summed E-state index contributed by atoms with van der Waals surface area (Å²) < 4.78 is 0. The van der Waals surface area contributed by atoms with Crippen molar-refractivity contribution in [2.75, 3.05) is 30.3 Å². The molecular formula is C18H28ClN3O. The molecular weight excluding hydrogens is 310 g/mol. The number of hydrogen-bond donors (Lipinski definition) is 2. The fraction of sp³-hybridized carbons (Fsp3) is 0.611. The molecule has 0 spiro atoms. The lowest BCUT2D eigenvalue weighted by molar-refractivity contribution is -0.115. The van der Waals surface area contributed by atoms with Crippen molar-refractivity contribution in [2.45, 2.75) is 51.5 Å². The number of nitrogens with one attached hydrogen (secondary N) is 2. The number of carbonyl (C=O) groups excluding carboxylic acids is 1. The van der Waals surface area contributed by atoms with Gasteiger partial charge in [0.1, 0.15) is 5.38 Å². The van der Waals surface area contributed by atoms with Gasteiger partial charge < -0.3 is 10.6 Å². The van der Waals surface area contributed by atoms with E-state index in [1.165, 1.54) is 18.4 Å². The second-order valence-corrected chi connectivity index (χ2v) is 6.87. The fourth-order valence-electron chi connectivity index (χ4n) is 3.17. The largest absolute Gasteiger partial charge is 0.382 e. The van der Waals surface area contributed by atoms with Gasteiger partial charge in [0.2, 0.25) is 5.91 Å². The molecule has 0 bridgehead atoms. The van der Waals surface area contributed by atoms with Gasteiger partial charge in [-0.15, -0.1) is 11.6 Å². The summed E-state index contributed by atoms with van der Waals surface area (Å²) in [6, 6.07) is 6.59. The van der Waals surface area contributed by atoms with Gasteiger partial charge in [-0.2, -0.15) is 0 Å². The minimum Gasteiger partial charge on any atom is -0.382 e. The van der Waals surface area contributed by atoms with Gasteiger partial charge in [0.15, 0.2) is 0 Å². The number of halogens is 1. The normalized spacial score (nSPS) is 18.2. The van der Waals surface area contributed by atoms with Gasteiger partial charge in [-0.25, -0.2) is 0 Å². The zero-order valence-corrected chi connectivity index (χ0v) is 15.1. The number of nitrogens with zero attached hydrogens (tertiary/aromatic N) is 1. The van der Waals surface area contributed by atoms with Crippen molar-refractivity contribution in [2.24, 2.45) is 0 Å². The molecule has 2 rings (SSSR count). The summed E-state index contributed by atoms with van der Waals surface area (Å²) in [6.45, 7) is 9.33. The highest BCUT2D eigenvalue weighted by atomic mass is 35.5. The molecule has 0 saturated carbocycles. The van der Waals surface area contributed by atoms with Crippen molar-refractivity contribution in [3.05, 3.63) is 23.8 Å². The lowest BCUT2D eigenvalue weighted by Gasteiger charge is -2.36. The van der Waals surface area contributed by atoms with Crippen LogP contribution in [0.4, 0.5) is 11.4 Å². The second-order valence-electron chi connectivity index (χ2n) is 6.22. The van der Waals surface area contributed by atoms with Crippen LogP contribution in [0.3, 0.4) is 0 Å².